The van der Waals surface area contributed by atoms with Crippen molar-refractivity contribution in [2.75, 3.05) is 4.90 Å². The Kier molecular flexibility index (Phi) is 8.84. The maximum absolute atomic E-state index is 5.31. The molecule has 0 radical (unpaired) electrons. The van der Waals surface area contributed by atoms with Crippen LogP contribution >= 0.6 is 0 Å². The van der Waals surface area contributed by atoms with Crippen molar-refractivity contribution in [3.63, 3.8) is 0 Å². The van der Waals surface area contributed by atoms with Crippen LogP contribution in [0.4, 0.5) is 17.3 Å². The minimum absolute atomic E-state index is 0.589. The summed E-state index contributed by atoms with van der Waals surface area (Å²) in [5.41, 5.74) is 15.0. The van der Waals surface area contributed by atoms with Gasteiger partial charge in [0.2, 0.25) is 5.95 Å². The number of rotatable bonds is 6. The van der Waals surface area contributed by atoms with Crippen LogP contribution in [0.15, 0.2) is 249 Å². The number of nitrogens with zero attached hydrogens (tertiary/aromatic N) is 5. The first kappa shape index (κ1) is 39.2. The second-order valence-electron chi connectivity index (χ2n) is 17.9. The highest BCUT2D eigenvalue weighted by Gasteiger charge is 2.54. The van der Waals surface area contributed by atoms with E-state index in [-0.39, 0.29) is 0 Å². The van der Waals surface area contributed by atoms with Gasteiger partial charge in [0.25, 0.3) is 0 Å². The maximum atomic E-state index is 5.31. The molecule has 0 saturated heterocycles. The van der Waals surface area contributed by atoms with E-state index < -0.39 is 8.07 Å². The van der Waals surface area contributed by atoms with E-state index in [1.165, 1.54) is 75.9 Å². The van der Waals surface area contributed by atoms with Crippen molar-refractivity contribution in [3.05, 3.63) is 249 Å². The van der Waals surface area contributed by atoms with Crippen molar-refractivity contribution in [1.29, 1.82) is 0 Å². The Hall–Kier alpha value is -8.97. The molecule has 2 aliphatic heterocycles. The van der Waals surface area contributed by atoms with Gasteiger partial charge in [0, 0.05) is 39.0 Å². The molecule has 14 rings (SSSR count). The summed E-state index contributed by atoms with van der Waals surface area (Å²) in [7, 11) is -2.98. The predicted octanol–water partition coefficient (Wildman–Crippen LogP) is 12.8. The molecule has 0 atom stereocenters. The zero-order valence-corrected chi connectivity index (χ0v) is 38.4. The third kappa shape index (κ3) is 5.99. The smallest absolute Gasteiger partial charge is 0.238 e. The summed E-state index contributed by atoms with van der Waals surface area (Å²) in [5.74, 6) is 1.86. The molecule has 0 aliphatic carbocycles. The van der Waals surface area contributed by atoms with Crippen molar-refractivity contribution >= 4 is 67.9 Å². The molecule has 1 spiro atoms. The summed E-state index contributed by atoms with van der Waals surface area (Å²) in [6.45, 7) is 0. The predicted molar refractivity (Wildman–Crippen MR) is 287 cm³/mol. The standard InChI is InChI=1S/C63H41N5Si/c1-4-18-42(19-5-1)43-32-36-48(37-33-43)67-53-26-12-10-24-49(53)52-40-46(35-39-54(52)67)47-34-38-51-50-25-11-15-29-57(50)69(60(51)41-47)58-30-16-13-27-55(58)68(56-28-14-17-31-59(56)69)63-65-61(44-20-6-2-7-21-44)64-62(66-63)45-22-8-3-9-23-45/h1-41H. The van der Waals surface area contributed by atoms with E-state index in [1.807, 2.05) is 36.4 Å². The lowest BCUT2D eigenvalue weighted by atomic mass is 9.99. The molecular formula is C63H41N5Si. The monoisotopic (exact) mass is 895 g/mol. The number of hydrogen-bond donors (Lipinski definition) is 0. The van der Waals surface area contributed by atoms with Crippen LogP contribution in [0, 0.1) is 0 Å². The number of fused-ring (bicyclic) bond motifs is 12. The van der Waals surface area contributed by atoms with Crippen LogP contribution in [0.2, 0.25) is 0 Å². The van der Waals surface area contributed by atoms with E-state index >= 15 is 0 Å². The molecule has 69 heavy (non-hydrogen) atoms. The van der Waals surface area contributed by atoms with Gasteiger partial charge in [0.15, 0.2) is 19.7 Å². The molecular weight excluding hydrogens is 855 g/mol. The molecule has 0 unspecified atom stereocenters. The fourth-order valence-electron chi connectivity index (χ4n) is 11.3. The van der Waals surface area contributed by atoms with Gasteiger partial charge >= 0.3 is 0 Å². The van der Waals surface area contributed by atoms with Crippen LogP contribution in [0.1, 0.15) is 0 Å². The lowest BCUT2D eigenvalue weighted by Gasteiger charge is -2.42. The normalized spacial score (nSPS) is 13.0. The third-order valence-electron chi connectivity index (χ3n) is 14.3. The summed E-state index contributed by atoms with van der Waals surface area (Å²) < 4.78 is 2.41. The van der Waals surface area contributed by atoms with Crippen LogP contribution in [0.5, 0.6) is 0 Å². The second kappa shape index (κ2) is 15.6. The molecule has 5 nitrogen and oxygen atoms in total. The number of aromatic nitrogens is 4. The Labute approximate surface area is 401 Å². The summed E-state index contributed by atoms with van der Waals surface area (Å²) in [6, 6.07) is 90.2. The highest BCUT2D eigenvalue weighted by atomic mass is 28.3. The van der Waals surface area contributed by atoms with Gasteiger partial charge in [-0.3, -0.25) is 4.90 Å². The van der Waals surface area contributed by atoms with Gasteiger partial charge in [-0.2, -0.15) is 9.97 Å². The molecule has 0 amide bonds. The van der Waals surface area contributed by atoms with E-state index in [2.05, 4.69) is 222 Å². The molecule has 322 valence electrons. The summed E-state index contributed by atoms with van der Waals surface area (Å²) >= 11 is 0. The van der Waals surface area contributed by atoms with Crippen LogP contribution in [0.3, 0.4) is 0 Å². The number of hydrogen-bond acceptors (Lipinski definition) is 4. The lowest BCUT2D eigenvalue weighted by Crippen LogP contribution is -2.75. The van der Waals surface area contributed by atoms with E-state index in [0.717, 1.165) is 28.2 Å². The zero-order valence-electron chi connectivity index (χ0n) is 37.4. The molecule has 0 fully saturated rings. The van der Waals surface area contributed by atoms with Gasteiger partial charge in [-0.05, 0) is 96.6 Å². The number of anilines is 3. The fraction of sp³-hybridized carbons (Fsp3) is 0. The average Bonchev–Trinajstić information content (AvgIpc) is 3.91. The van der Waals surface area contributed by atoms with Crippen LogP contribution in [-0.4, -0.2) is 27.6 Å². The highest BCUT2D eigenvalue weighted by Crippen LogP contribution is 2.42. The molecule has 0 N–H and O–H groups in total. The Balaban J connectivity index is 0.953. The first-order chi connectivity index (χ1) is 34.2. The van der Waals surface area contributed by atoms with Crippen molar-refractivity contribution in [1.82, 2.24) is 19.5 Å². The highest BCUT2D eigenvalue weighted by molar-refractivity contribution is 7.23. The first-order valence-corrected chi connectivity index (χ1v) is 25.5. The van der Waals surface area contributed by atoms with E-state index in [1.54, 1.807) is 0 Å². The Morgan fingerprint density at radius 1 is 0.304 bits per heavy atom. The Bertz CT molecular complexity index is 3860. The van der Waals surface area contributed by atoms with Gasteiger partial charge in [0.05, 0.1) is 11.0 Å². The van der Waals surface area contributed by atoms with Crippen LogP contribution in [-0.2, 0) is 0 Å². The van der Waals surface area contributed by atoms with E-state index in [0.29, 0.717) is 17.6 Å². The summed E-state index contributed by atoms with van der Waals surface area (Å²) in [5, 5.41) is 7.89. The fourth-order valence-corrected chi connectivity index (χ4v) is 16.8. The quantitative estimate of drug-likeness (QED) is 0.156. The minimum atomic E-state index is -2.98. The molecule has 4 heterocycles. The van der Waals surface area contributed by atoms with Gasteiger partial charge in [-0.15, -0.1) is 0 Å². The first-order valence-electron chi connectivity index (χ1n) is 23.5. The SMILES string of the molecule is c1ccc(-c2ccc(-n3c4ccccc4c4cc(-c5ccc6c(c5)[Si]5(c7ccccc7-6)c6ccccc6N(c6nc(-c7ccccc7)nc(-c7ccccc7)n6)c6ccccc65)ccc43)cc2)cc1. The average molecular weight is 896 g/mol. The summed E-state index contributed by atoms with van der Waals surface area (Å²) in [6.07, 6.45) is 0. The molecule has 6 heteroatoms. The molecule has 2 aliphatic rings. The molecule has 0 bridgehead atoms. The van der Waals surface area contributed by atoms with Crippen molar-refractivity contribution in [2.24, 2.45) is 0 Å². The van der Waals surface area contributed by atoms with E-state index in [4.69, 9.17) is 15.0 Å². The van der Waals surface area contributed by atoms with Gasteiger partial charge in [-0.25, -0.2) is 4.98 Å². The topological polar surface area (TPSA) is 46.8 Å². The van der Waals surface area contributed by atoms with Gasteiger partial charge < -0.3 is 4.57 Å². The van der Waals surface area contributed by atoms with Crippen molar-refractivity contribution < 1.29 is 0 Å². The number of para-hydroxylation sites is 3. The molecule has 10 aromatic carbocycles. The van der Waals surface area contributed by atoms with Crippen molar-refractivity contribution in [2.45, 2.75) is 0 Å². The Morgan fingerprint density at radius 3 is 1.45 bits per heavy atom. The Morgan fingerprint density at radius 2 is 0.783 bits per heavy atom. The van der Waals surface area contributed by atoms with Gasteiger partial charge in [-0.1, -0.05) is 206 Å². The van der Waals surface area contributed by atoms with Crippen molar-refractivity contribution in [3.8, 4) is 61.8 Å². The van der Waals surface area contributed by atoms with Crippen LogP contribution < -0.4 is 25.6 Å². The van der Waals surface area contributed by atoms with E-state index in [9.17, 15) is 0 Å². The molecule has 0 saturated carbocycles. The minimum Gasteiger partial charge on any atom is -0.309 e. The second-order valence-corrected chi connectivity index (χ2v) is 21.6. The van der Waals surface area contributed by atoms with Gasteiger partial charge in [0.1, 0.15) is 0 Å². The lowest BCUT2D eigenvalue weighted by molar-refractivity contribution is 1.02. The zero-order chi connectivity index (χ0) is 45.5. The maximum Gasteiger partial charge on any atom is 0.238 e. The molecule has 2 aromatic heterocycles. The largest absolute Gasteiger partial charge is 0.309 e. The third-order valence-corrected chi connectivity index (χ3v) is 19.2. The summed E-state index contributed by atoms with van der Waals surface area (Å²) in [4.78, 5) is 18.0. The number of benzene rings is 10. The molecule has 12 aromatic rings. The van der Waals surface area contributed by atoms with Crippen LogP contribution in [0.25, 0.3) is 83.6 Å².